The van der Waals surface area contributed by atoms with Crippen molar-refractivity contribution in [1.82, 2.24) is 14.6 Å². The lowest BCUT2D eigenvalue weighted by atomic mass is 10.1. The summed E-state index contributed by atoms with van der Waals surface area (Å²) in [5.74, 6) is 0.0654. The number of methoxy groups -OCH3 is 1. The highest BCUT2D eigenvalue weighted by Crippen LogP contribution is 2.39. The van der Waals surface area contributed by atoms with Crippen LogP contribution in [-0.4, -0.2) is 39.3 Å². The summed E-state index contributed by atoms with van der Waals surface area (Å²) < 4.78 is 6.80. The van der Waals surface area contributed by atoms with E-state index in [2.05, 4.69) is 15.5 Å². The molecule has 0 atom stereocenters. The van der Waals surface area contributed by atoms with E-state index in [9.17, 15) is 9.59 Å². The van der Waals surface area contributed by atoms with Crippen LogP contribution in [0.4, 0.5) is 5.00 Å². The largest absolute Gasteiger partial charge is 0.465 e. The molecule has 0 unspecified atom stereocenters. The summed E-state index contributed by atoms with van der Waals surface area (Å²) in [5.41, 5.74) is 2.34. The van der Waals surface area contributed by atoms with Crippen molar-refractivity contribution in [3.05, 3.63) is 40.4 Å². The van der Waals surface area contributed by atoms with E-state index in [0.717, 1.165) is 35.6 Å². The second kappa shape index (κ2) is 7.69. The fourth-order valence-corrected chi connectivity index (χ4v) is 5.31. The van der Waals surface area contributed by atoms with E-state index in [1.807, 2.05) is 28.8 Å². The molecule has 0 bridgehead atoms. The second-order valence-corrected chi connectivity index (χ2v) is 8.28. The number of aromatic nitrogens is 3. The van der Waals surface area contributed by atoms with Crippen molar-refractivity contribution in [2.24, 2.45) is 0 Å². The van der Waals surface area contributed by atoms with Gasteiger partial charge in [-0.3, -0.25) is 9.20 Å². The first-order valence-electron chi connectivity index (χ1n) is 8.62. The van der Waals surface area contributed by atoms with Crippen molar-refractivity contribution in [3.8, 4) is 0 Å². The summed E-state index contributed by atoms with van der Waals surface area (Å²) in [5, 5.41) is 12.5. The molecule has 0 aromatic carbocycles. The summed E-state index contributed by atoms with van der Waals surface area (Å²) in [6.45, 7) is 0. The number of thioether (sulfide) groups is 1. The molecule has 1 aliphatic carbocycles. The van der Waals surface area contributed by atoms with Crippen molar-refractivity contribution in [1.29, 1.82) is 0 Å². The third kappa shape index (κ3) is 3.57. The highest BCUT2D eigenvalue weighted by Gasteiger charge is 2.27. The zero-order valence-corrected chi connectivity index (χ0v) is 16.4. The van der Waals surface area contributed by atoms with E-state index in [1.165, 1.54) is 35.1 Å². The molecule has 1 amide bonds. The maximum Gasteiger partial charge on any atom is 0.341 e. The van der Waals surface area contributed by atoms with Crippen LogP contribution in [0.1, 0.15) is 33.6 Å². The first kappa shape index (κ1) is 18.0. The summed E-state index contributed by atoms with van der Waals surface area (Å²) in [6, 6.07) is 5.70. The fraction of sp³-hybridized carbons (Fsp3) is 0.333. The van der Waals surface area contributed by atoms with Gasteiger partial charge in [0.2, 0.25) is 5.91 Å². The first-order chi connectivity index (χ1) is 13.2. The molecule has 7 nitrogen and oxygen atoms in total. The molecule has 1 aliphatic rings. The Bertz CT molecular complexity index is 1010. The van der Waals surface area contributed by atoms with Gasteiger partial charge in [-0.2, -0.15) is 0 Å². The number of anilines is 1. The topological polar surface area (TPSA) is 85.6 Å². The number of nitrogens with zero attached hydrogens (tertiary/aromatic N) is 3. The number of ether oxygens (including phenoxy) is 1. The monoisotopic (exact) mass is 402 g/mol. The minimum absolute atomic E-state index is 0.124. The number of carbonyl (C=O) groups is 2. The third-order valence-electron chi connectivity index (χ3n) is 4.41. The second-order valence-electron chi connectivity index (χ2n) is 6.11. The number of aryl methyl sites for hydroxylation is 1. The molecule has 9 heteroatoms. The molecule has 0 radical (unpaired) electrons. The number of carbonyl (C=O) groups excluding carboxylic acids is 2. The van der Waals surface area contributed by atoms with Crippen LogP contribution in [0.25, 0.3) is 5.65 Å². The van der Waals surface area contributed by atoms with E-state index < -0.39 is 0 Å². The van der Waals surface area contributed by atoms with Gasteiger partial charge in [0.25, 0.3) is 0 Å². The van der Waals surface area contributed by atoms with Gasteiger partial charge in [-0.05, 0) is 37.0 Å². The maximum absolute atomic E-state index is 12.4. The quantitative estimate of drug-likeness (QED) is 0.503. The first-order valence-corrected chi connectivity index (χ1v) is 10.4. The number of esters is 1. The lowest BCUT2D eigenvalue weighted by Gasteiger charge is -2.07. The Morgan fingerprint density at radius 1 is 1.33 bits per heavy atom. The molecule has 3 aromatic heterocycles. The molecule has 0 fully saturated rings. The lowest BCUT2D eigenvalue weighted by molar-refractivity contribution is -0.115. The molecule has 0 saturated heterocycles. The van der Waals surface area contributed by atoms with Crippen LogP contribution >= 0.6 is 23.1 Å². The van der Waals surface area contributed by atoms with Gasteiger partial charge in [-0.25, -0.2) is 4.79 Å². The van der Waals surface area contributed by atoms with E-state index in [-0.39, 0.29) is 11.9 Å². The predicted octanol–water partition coefficient (Wildman–Crippen LogP) is 3.19. The van der Waals surface area contributed by atoms with Crippen molar-refractivity contribution >= 4 is 45.6 Å². The number of nitrogens with one attached hydrogen (secondary N) is 1. The average molecular weight is 403 g/mol. The van der Waals surface area contributed by atoms with Crippen molar-refractivity contribution < 1.29 is 14.3 Å². The Morgan fingerprint density at radius 3 is 3.07 bits per heavy atom. The molecular weight excluding hydrogens is 384 g/mol. The predicted molar refractivity (Wildman–Crippen MR) is 105 cm³/mol. The van der Waals surface area contributed by atoms with Gasteiger partial charge < -0.3 is 10.1 Å². The number of hydrogen-bond donors (Lipinski definition) is 1. The number of fused-ring (bicyclic) bond motifs is 2. The van der Waals surface area contributed by atoms with E-state index in [1.54, 1.807) is 0 Å². The Morgan fingerprint density at radius 2 is 2.22 bits per heavy atom. The molecule has 0 aliphatic heterocycles. The number of amides is 1. The summed E-state index contributed by atoms with van der Waals surface area (Å²) in [7, 11) is 1.37. The summed E-state index contributed by atoms with van der Waals surface area (Å²) >= 11 is 2.96. The van der Waals surface area contributed by atoms with Crippen molar-refractivity contribution in [2.45, 2.75) is 30.8 Å². The Hall–Kier alpha value is -2.39. The van der Waals surface area contributed by atoms with Gasteiger partial charge in [0.05, 0.1) is 12.7 Å². The average Bonchev–Trinajstić information content (AvgIpc) is 3.36. The zero-order valence-electron chi connectivity index (χ0n) is 14.7. The number of pyridine rings is 1. The molecule has 0 spiro atoms. The standard InChI is InChI=1S/C18H18N4O3S2/c1-25-17(24)15-11-5-4-6-12(11)27-16(15)19-14(23)8-10-26-18-21-20-13-7-2-3-9-22(13)18/h2-3,7,9H,4-6,8,10H2,1H3,(H,19,23). The zero-order chi connectivity index (χ0) is 18.8. The molecule has 3 aromatic rings. The smallest absolute Gasteiger partial charge is 0.341 e. The maximum atomic E-state index is 12.4. The van der Waals surface area contributed by atoms with Gasteiger partial charge in [0.15, 0.2) is 10.8 Å². The summed E-state index contributed by atoms with van der Waals surface area (Å²) in [4.78, 5) is 25.7. The Kier molecular flexibility index (Phi) is 5.13. The molecular formula is C18H18N4O3S2. The van der Waals surface area contributed by atoms with Crippen molar-refractivity contribution in [3.63, 3.8) is 0 Å². The fourth-order valence-electron chi connectivity index (χ4n) is 3.15. The molecule has 27 heavy (non-hydrogen) atoms. The van der Waals surface area contributed by atoms with E-state index >= 15 is 0 Å². The Balaban J connectivity index is 1.39. The van der Waals surface area contributed by atoms with Crippen LogP contribution in [0.2, 0.25) is 0 Å². The SMILES string of the molecule is COC(=O)c1c(NC(=O)CCSc2nnc3ccccn23)sc2c1CCC2. The van der Waals surface area contributed by atoms with Gasteiger partial charge in [0, 0.05) is 23.2 Å². The number of hydrogen-bond acceptors (Lipinski definition) is 7. The van der Waals surface area contributed by atoms with Crippen LogP contribution in [0.3, 0.4) is 0 Å². The van der Waals surface area contributed by atoms with Crippen LogP contribution in [-0.2, 0) is 22.4 Å². The van der Waals surface area contributed by atoms with Crippen LogP contribution in [0, 0.1) is 0 Å². The molecule has 1 N–H and O–H groups in total. The lowest BCUT2D eigenvalue weighted by Crippen LogP contribution is -2.15. The van der Waals surface area contributed by atoms with Gasteiger partial charge in [-0.15, -0.1) is 21.5 Å². The van der Waals surface area contributed by atoms with Gasteiger partial charge >= 0.3 is 5.97 Å². The van der Waals surface area contributed by atoms with Crippen LogP contribution in [0.15, 0.2) is 29.6 Å². The van der Waals surface area contributed by atoms with Gasteiger partial charge in [0.1, 0.15) is 5.00 Å². The third-order valence-corrected chi connectivity index (χ3v) is 6.56. The number of thiophene rings is 1. The highest BCUT2D eigenvalue weighted by atomic mass is 32.2. The molecule has 4 rings (SSSR count). The Labute approximate surface area is 164 Å². The molecule has 0 saturated carbocycles. The normalized spacial score (nSPS) is 12.9. The minimum Gasteiger partial charge on any atom is -0.465 e. The van der Waals surface area contributed by atoms with E-state index in [0.29, 0.717) is 22.7 Å². The molecule has 140 valence electrons. The van der Waals surface area contributed by atoms with Crippen molar-refractivity contribution in [2.75, 3.05) is 18.2 Å². The van der Waals surface area contributed by atoms with Crippen LogP contribution in [0.5, 0.6) is 0 Å². The number of rotatable bonds is 6. The van der Waals surface area contributed by atoms with E-state index in [4.69, 9.17) is 4.74 Å². The van der Waals surface area contributed by atoms with Gasteiger partial charge in [-0.1, -0.05) is 17.8 Å². The highest BCUT2D eigenvalue weighted by molar-refractivity contribution is 7.99. The van der Waals surface area contributed by atoms with Crippen LogP contribution < -0.4 is 5.32 Å². The minimum atomic E-state index is -0.381. The molecule has 3 heterocycles. The summed E-state index contributed by atoms with van der Waals surface area (Å²) in [6.07, 6.45) is 5.07.